The summed E-state index contributed by atoms with van der Waals surface area (Å²) in [4.78, 5) is 15.3. The number of hydrogen-bond acceptors (Lipinski definition) is 6. The fraction of sp³-hybridized carbons (Fsp3) is 0.179. The first-order valence-corrected chi connectivity index (χ1v) is 14.0. The van der Waals surface area contributed by atoms with Gasteiger partial charge >= 0.3 is 18.9 Å². The Kier molecular flexibility index (Phi) is 8.52. The van der Waals surface area contributed by atoms with Gasteiger partial charge in [0.15, 0.2) is 11.5 Å². The molecule has 196 valence electrons. The number of nitrogens with zero attached hydrogens (tertiary/aromatic N) is 2. The van der Waals surface area contributed by atoms with Crippen LogP contribution in [0, 0.1) is 0 Å². The van der Waals surface area contributed by atoms with E-state index < -0.39 is 15.8 Å². The largest absolute Gasteiger partial charge is 1.00 e. The Balaban J connectivity index is 0.00000353. The van der Waals surface area contributed by atoms with Crippen LogP contribution in [0.5, 0.6) is 11.5 Å². The first-order chi connectivity index (χ1) is 18.3. The van der Waals surface area contributed by atoms with Gasteiger partial charge in [0.1, 0.15) is 0 Å². The van der Waals surface area contributed by atoms with E-state index in [1.807, 2.05) is 0 Å². The number of rotatable bonds is 5. The predicted octanol–water partition coefficient (Wildman–Crippen LogP) is 1.06. The number of methoxy groups -OCH3 is 2. The Morgan fingerprint density at radius 3 is 2.36 bits per heavy atom. The number of amides is 1. The molecule has 0 spiro atoms. The second kappa shape index (κ2) is 11.5. The summed E-state index contributed by atoms with van der Waals surface area (Å²) in [5.41, 5.74) is 1.38. The van der Waals surface area contributed by atoms with Crippen molar-refractivity contribution in [2.75, 3.05) is 27.3 Å². The van der Waals surface area contributed by atoms with Gasteiger partial charge in [0, 0.05) is 22.9 Å². The number of ether oxygens (including phenoxy) is 2. The summed E-state index contributed by atoms with van der Waals surface area (Å²) in [6, 6.07) is 18.5. The molecule has 0 atom stereocenters. The van der Waals surface area contributed by atoms with Crippen LogP contribution in [0.2, 0.25) is 0 Å². The van der Waals surface area contributed by atoms with Gasteiger partial charge in [0.25, 0.3) is 15.9 Å². The standard InChI is InChI=1S/C28H25BrN2O6S.Li/c1-36-24-13-12-21(29)25(27(24)37-2)28(33)30-16-14-20-19-10-6-7-11-22(19)31(26(20)23(32)15-17-30)38(34,35)18-8-4-3-5-9-18;/h3-13,15,32H,14,16-17H2,1-2H3;/q;+1/p-1/b23-15+;. The van der Waals surface area contributed by atoms with E-state index in [1.165, 1.54) is 32.4 Å². The van der Waals surface area contributed by atoms with Crippen LogP contribution in [0.4, 0.5) is 0 Å². The van der Waals surface area contributed by atoms with E-state index in [2.05, 4.69) is 15.9 Å². The molecule has 0 aliphatic carbocycles. The summed E-state index contributed by atoms with van der Waals surface area (Å²) in [6.45, 7) is 0.249. The van der Waals surface area contributed by atoms with Gasteiger partial charge in [-0.15, -0.1) is 0 Å². The summed E-state index contributed by atoms with van der Waals surface area (Å²) in [5.74, 6) is -0.125. The Hall–Kier alpha value is -3.16. The van der Waals surface area contributed by atoms with Crippen molar-refractivity contribution < 1.29 is 46.7 Å². The van der Waals surface area contributed by atoms with E-state index in [0.29, 0.717) is 26.7 Å². The Morgan fingerprint density at radius 2 is 1.67 bits per heavy atom. The van der Waals surface area contributed by atoms with Crippen molar-refractivity contribution in [3.05, 3.63) is 94.1 Å². The van der Waals surface area contributed by atoms with E-state index >= 15 is 0 Å². The van der Waals surface area contributed by atoms with Crippen molar-refractivity contribution in [3.8, 4) is 11.5 Å². The molecule has 0 saturated carbocycles. The van der Waals surface area contributed by atoms with Crippen molar-refractivity contribution in [2.24, 2.45) is 0 Å². The third kappa shape index (κ3) is 4.98. The van der Waals surface area contributed by atoms with Gasteiger partial charge in [-0.05, 0) is 58.2 Å². The van der Waals surface area contributed by atoms with Crippen molar-refractivity contribution in [1.29, 1.82) is 0 Å². The molecule has 1 aliphatic heterocycles. The molecule has 4 aromatic rings. The van der Waals surface area contributed by atoms with Crippen molar-refractivity contribution in [3.63, 3.8) is 0 Å². The Bertz CT molecular complexity index is 1690. The molecule has 8 nitrogen and oxygen atoms in total. The normalized spacial score (nSPS) is 14.8. The summed E-state index contributed by atoms with van der Waals surface area (Å²) < 4.78 is 40.0. The maximum Gasteiger partial charge on any atom is 1.00 e. The van der Waals surface area contributed by atoms with E-state index in [1.54, 1.807) is 59.5 Å². The molecule has 5 rings (SSSR count). The third-order valence-electron chi connectivity index (χ3n) is 6.58. The number of benzene rings is 3. The van der Waals surface area contributed by atoms with E-state index in [4.69, 9.17) is 9.47 Å². The monoisotopic (exact) mass is 602 g/mol. The Morgan fingerprint density at radius 1 is 0.974 bits per heavy atom. The smallest absolute Gasteiger partial charge is 0.871 e. The topological polar surface area (TPSA) is 101 Å². The van der Waals surface area contributed by atoms with Gasteiger partial charge in [0.05, 0.1) is 35.9 Å². The first-order valence-electron chi connectivity index (χ1n) is 11.8. The van der Waals surface area contributed by atoms with Gasteiger partial charge < -0.3 is 19.5 Å². The average molecular weight is 603 g/mol. The number of hydrogen-bond donors (Lipinski definition) is 0. The first kappa shape index (κ1) is 28.8. The maximum absolute atomic E-state index is 13.8. The molecule has 11 heteroatoms. The van der Waals surface area contributed by atoms with Gasteiger partial charge in [-0.1, -0.05) is 48.2 Å². The minimum atomic E-state index is -4.06. The molecule has 1 amide bonds. The molecule has 1 aromatic heterocycles. The van der Waals surface area contributed by atoms with Gasteiger partial charge in [-0.2, -0.15) is 0 Å². The number of para-hydroxylation sites is 1. The summed E-state index contributed by atoms with van der Waals surface area (Å²) in [5, 5.41) is 14.2. The molecule has 3 aromatic carbocycles. The second-order valence-electron chi connectivity index (χ2n) is 8.65. The van der Waals surface area contributed by atoms with Crippen LogP contribution < -0.4 is 33.4 Å². The zero-order chi connectivity index (χ0) is 27.0. The molecular weight excluding hydrogens is 579 g/mol. The third-order valence-corrected chi connectivity index (χ3v) is 8.97. The quantitative estimate of drug-likeness (QED) is 0.317. The van der Waals surface area contributed by atoms with E-state index in [0.717, 1.165) is 3.97 Å². The number of carbonyl (C=O) groups excluding carboxylic acids is 1. The summed E-state index contributed by atoms with van der Waals surface area (Å²) in [6.07, 6.45) is 1.63. The van der Waals surface area contributed by atoms with Crippen LogP contribution in [-0.2, 0) is 16.4 Å². The fourth-order valence-corrected chi connectivity index (χ4v) is 6.85. The Labute approximate surface area is 247 Å². The molecule has 0 bridgehead atoms. The molecule has 0 fully saturated rings. The average Bonchev–Trinajstić information content (AvgIpc) is 3.26. The minimum absolute atomic E-state index is 0. The number of carbonyl (C=O) groups is 1. The summed E-state index contributed by atoms with van der Waals surface area (Å²) >= 11 is 3.44. The predicted molar refractivity (Wildman–Crippen MR) is 146 cm³/mol. The number of fused-ring (bicyclic) bond motifs is 3. The molecule has 0 saturated heterocycles. The van der Waals surface area contributed by atoms with Crippen molar-refractivity contribution in [1.82, 2.24) is 8.87 Å². The minimum Gasteiger partial charge on any atom is -0.871 e. The van der Waals surface area contributed by atoms with Crippen molar-refractivity contribution in [2.45, 2.75) is 11.3 Å². The van der Waals surface area contributed by atoms with Crippen LogP contribution in [0.15, 0.2) is 82.2 Å². The van der Waals surface area contributed by atoms with E-state index in [9.17, 15) is 18.3 Å². The number of aromatic nitrogens is 1. The van der Waals surface area contributed by atoms with Crippen LogP contribution in [0.25, 0.3) is 16.7 Å². The molecule has 2 heterocycles. The SMILES string of the molecule is COc1ccc(Br)c(C(=O)N2C/C=C(/[O-])c3c(c4ccccc4n3S(=O)(=O)c3ccccc3)CC2)c1OC.[Li+]. The van der Waals surface area contributed by atoms with Crippen LogP contribution in [-0.4, -0.2) is 50.5 Å². The zero-order valence-electron chi connectivity index (χ0n) is 21.7. The molecule has 39 heavy (non-hydrogen) atoms. The van der Waals surface area contributed by atoms with Gasteiger partial charge in [0.2, 0.25) is 0 Å². The fourth-order valence-electron chi connectivity index (χ4n) is 4.80. The van der Waals surface area contributed by atoms with Crippen LogP contribution >= 0.6 is 15.9 Å². The number of halogens is 1. The molecular formula is C28H24BrLiN2O6S. The van der Waals surface area contributed by atoms with Crippen molar-refractivity contribution >= 4 is 48.5 Å². The summed E-state index contributed by atoms with van der Waals surface area (Å²) in [7, 11) is -1.11. The van der Waals surface area contributed by atoms with E-state index in [-0.39, 0.29) is 66.2 Å². The molecule has 0 radical (unpaired) electrons. The molecule has 0 N–H and O–H groups in total. The van der Waals surface area contributed by atoms with Crippen LogP contribution in [0.1, 0.15) is 21.6 Å². The van der Waals surface area contributed by atoms with Crippen LogP contribution in [0.3, 0.4) is 0 Å². The maximum atomic E-state index is 13.8. The molecule has 1 aliphatic rings. The second-order valence-corrected chi connectivity index (χ2v) is 11.3. The van der Waals surface area contributed by atoms with Gasteiger partial charge in [-0.25, -0.2) is 12.4 Å². The molecule has 0 unspecified atom stereocenters. The van der Waals surface area contributed by atoms with Gasteiger partial charge in [-0.3, -0.25) is 4.79 Å². The zero-order valence-corrected chi connectivity index (χ0v) is 24.1.